The molecular weight excluding hydrogens is 398 g/mol. The number of hydrogen-bond donors (Lipinski definition) is 1. The maximum atomic E-state index is 12.7. The van der Waals surface area contributed by atoms with Crippen LogP contribution in [0.3, 0.4) is 0 Å². The molecule has 3 rings (SSSR count). The van der Waals surface area contributed by atoms with Crippen LogP contribution in [-0.2, 0) is 20.0 Å². The summed E-state index contributed by atoms with van der Waals surface area (Å²) >= 11 is 0. The number of rotatable bonds is 6. The number of anilines is 1. The molecule has 0 bridgehead atoms. The molecule has 150 valence electrons. The quantitative estimate of drug-likeness (QED) is 0.776. The van der Waals surface area contributed by atoms with Crippen LogP contribution in [0.25, 0.3) is 0 Å². The predicted molar refractivity (Wildman–Crippen MR) is 111 cm³/mol. The normalized spacial score (nSPS) is 17.5. The minimum atomic E-state index is -3.56. The van der Waals surface area contributed by atoms with E-state index >= 15 is 0 Å². The van der Waals surface area contributed by atoms with Crippen LogP contribution in [0.2, 0.25) is 0 Å². The average molecular weight is 422 g/mol. The molecule has 0 amide bonds. The lowest BCUT2D eigenvalue weighted by Gasteiger charge is -2.24. The lowest BCUT2D eigenvalue weighted by atomic mass is 9.96. The van der Waals surface area contributed by atoms with Gasteiger partial charge in [0.25, 0.3) is 0 Å². The van der Waals surface area contributed by atoms with Crippen LogP contribution in [0.15, 0.2) is 53.6 Å². The van der Waals surface area contributed by atoms with Crippen molar-refractivity contribution in [3.63, 3.8) is 0 Å². The van der Waals surface area contributed by atoms with Gasteiger partial charge in [-0.3, -0.25) is 4.72 Å². The van der Waals surface area contributed by atoms with Crippen molar-refractivity contribution < 1.29 is 16.8 Å². The highest BCUT2D eigenvalue weighted by Gasteiger charge is 2.36. The van der Waals surface area contributed by atoms with Gasteiger partial charge >= 0.3 is 0 Å². The van der Waals surface area contributed by atoms with Gasteiger partial charge in [0.1, 0.15) is 0 Å². The minimum Gasteiger partial charge on any atom is -0.284 e. The molecular formula is C19H23N3O4S2. The first kappa shape index (κ1) is 20.3. The Morgan fingerprint density at radius 3 is 2.46 bits per heavy atom. The summed E-state index contributed by atoms with van der Waals surface area (Å²) in [6.07, 6.45) is 1.49. The van der Waals surface area contributed by atoms with Gasteiger partial charge in [0.05, 0.1) is 23.8 Å². The fourth-order valence-electron chi connectivity index (χ4n) is 3.22. The molecule has 0 aromatic heterocycles. The maximum absolute atomic E-state index is 12.7. The number of benzene rings is 2. The summed E-state index contributed by atoms with van der Waals surface area (Å²) in [5, 5.41) is 4.42. The zero-order valence-corrected chi connectivity index (χ0v) is 17.6. The Bertz CT molecular complexity index is 1130. The summed E-state index contributed by atoms with van der Waals surface area (Å²) in [5.41, 5.74) is 3.59. The third-order valence-electron chi connectivity index (χ3n) is 4.57. The molecule has 2 aromatic rings. The Balaban J connectivity index is 2.03. The number of nitrogens with one attached hydrogen (secondary N) is 1. The highest BCUT2D eigenvalue weighted by atomic mass is 32.2. The number of nitrogens with zero attached hydrogens (tertiary/aromatic N) is 2. The lowest BCUT2D eigenvalue weighted by Crippen LogP contribution is -2.29. The van der Waals surface area contributed by atoms with Crippen LogP contribution in [0.5, 0.6) is 0 Å². The van der Waals surface area contributed by atoms with E-state index in [1.807, 2.05) is 31.2 Å². The molecule has 1 atom stereocenters. The number of sulfonamides is 2. The third-order valence-corrected chi connectivity index (χ3v) is 6.81. The first-order chi connectivity index (χ1) is 13.1. The van der Waals surface area contributed by atoms with Crippen LogP contribution in [-0.4, -0.2) is 39.0 Å². The van der Waals surface area contributed by atoms with E-state index in [1.165, 1.54) is 4.41 Å². The average Bonchev–Trinajstić information content (AvgIpc) is 3.07. The van der Waals surface area contributed by atoms with Gasteiger partial charge in [0.15, 0.2) is 0 Å². The van der Waals surface area contributed by atoms with E-state index in [9.17, 15) is 16.8 Å². The molecule has 1 aliphatic rings. The molecule has 1 unspecified atom stereocenters. The lowest BCUT2D eigenvalue weighted by molar-refractivity contribution is 0.371. The summed E-state index contributed by atoms with van der Waals surface area (Å²) in [5.74, 6) is -0.0537. The molecule has 1 N–H and O–H groups in total. The molecule has 1 aliphatic heterocycles. The van der Waals surface area contributed by atoms with Gasteiger partial charge in [0.2, 0.25) is 20.0 Å². The molecule has 0 spiro atoms. The Hall–Kier alpha value is -2.39. The molecule has 0 radical (unpaired) electrons. The van der Waals surface area contributed by atoms with Crippen molar-refractivity contribution in [2.45, 2.75) is 26.3 Å². The molecule has 28 heavy (non-hydrogen) atoms. The monoisotopic (exact) mass is 421 g/mol. The summed E-state index contributed by atoms with van der Waals surface area (Å²) in [6.45, 7) is 3.54. The second kappa shape index (κ2) is 7.56. The molecule has 0 fully saturated rings. The zero-order valence-electron chi connectivity index (χ0n) is 16.0. The molecule has 0 saturated heterocycles. The predicted octanol–water partition coefficient (Wildman–Crippen LogP) is 2.87. The Labute approximate surface area is 166 Å². The number of hydrogen-bond acceptors (Lipinski definition) is 5. The molecule has 2 aromatic carbocycles. The van der Waals surface area contributed by atoms with Crippen molar-refractivity contribution in [1.29, 1.82) is 0 Å². The SMILES string of the molecule is CCS(=O)(=O)N1N=C(c2cccc(NS(C)(=O)=O)c2)CC1c1ccccc1C. The molecule has 0 aliphatic carbocycles. The first-order valence-corrected chi connectivity index (χ1v) is 12.3. The Kier molecular flexibility index (Phi) is 5.49. The second-order valence-corrected chi connectivity index (χ2v) is 10.6. The zero-order chi connectivity index (χ0) is 20.5. The second-order valence-electron chi connectivity index (χ2n) is 6.75. The van der Waals surface area contributed by atoms with Crippen molar-refractivity contribution in [1.82, 2.24) is 4.41 Å². The largest absolute Gasteiger partial charge is 0.284 e. The Morgan fingerprint density at radius 2 is 1.82 bits per heavy atom. The third kappa shape index (κ3) is 4.36. The molecule has 7 nitrogen and oxygen atoms in total. The smallest absolute Gasteiger partial charge is 0.250 e. The summed E-state index contributed by atoms with van der Waals surface area (Å²) < 4.78 is 51.9. The molecule has 1 heterocycles. The van der Waals surface area contributed by atoms with Crippen molar-refractivity contribution >= 4 is 31.4 Å². The highest BCUT2D eigenvalue weighted by Crippen LogP contribution is 2.36. The van der Waals surface area contributed by atoms with Gasteiger partial charge in [-0.25, -0.2) is 16.8 Å². The number of hydrazone groups is 1. The van der Waals surface area contributed by atoms with E-state index in [4.69, 9.17) is 0 Å². The number of aryl methyl sites for hydroxylation is 1. The highest BCUT2D eigenvalue weighted by molar-refractivity contribution is 7.92. The van der Waals surface area contributed by atoms with E-state index in [0.717, 1.165) is 17.4 Å². The van der Waals surface area contributed by atoms with E-state index in [-0.39, 0.29) is 5.75 Å². The van der Waals surface area contributed by atoms with Crippen LogP contribution in [0, 0.1) is 6.92 Å². The minimum absolute atomic E-state index is 0.0537. The van der Waals surface area contributed by atoms with Crippen molar-refractivity contribution in [2.75, 3.05) is 16.7 Å². The van der Waals surface area contributed by atoms with E-state index in [0.29, 0.717) is 23.4 Å². The van der Waals surface area contributed by atoms with Gasteiger partial charge in [-0.1, -0.05) is 36.4 Å². The summed E-state index contributed by atoms with van der Waals surface area (Å²) in [7, 11) is -6.97. The van der Waals surface area contributed by atoms with Crippen molar-refractivity contribution in [3.8, 4) is 0 Å². The van der Waals surface area contributed by atoms with Crippen molar-refractivity contribution in [2.24, 2.45) is 5.10 Å². The first-order valence-electron chi connectivity index (χ1n) is 8.84. The van der Waals surface area contributed by atoms with Gasteiger partial charge in [-0.15, -0.1) is 0 Å². The van der Waals surface area contributed by atoms with E-state index in [2.05, 4.69) is 9.82 Å². The molecule has 9 heteroatoms. The maximum Gasteiger partial charge on any atom is 0.250 e. The fourth-order valence-corrected chi connectivity index (χ4v) is 4.84. The van der Waals surface area contributed by atoms with E-state index in [1.54, 1.807) is 31.2 Å². The van der Waals surface area contributed by atoms with Gasteiger partial charge in [-0.05, 0) is 42.7 Å². The topological polar surface area (TPSA) is 95.9 Å². The Morgan fingerprint density at radius 1 is 1.11 bits per heavy atom. The molecule has 0 saturated carbocycles. The van der Waals surface area contributed by atoms with Crippen LogP contribution in [0.4, 0.5) is 5.69 Å². The van der Waals surface area contributed by atoms with Crippen molar-refractivity contribution in [3.05, 3.63) is 65.2 Å². The standard InChI is InChI=1S/C19H23N3O4S2/c1-4-28(25,26)22-19(17-11-6-5-8-14(17)2)13-18(20-22)15-9-7-10-16(12-15)21-27(3,23)24/h5-12,19,21H,4,13H2,1-3H3. The van der Waals surface area contributed by atoms with Gasteiger partial charge in [0, 0.05) is 12.1 Å². The summed E-state index contributed by atoms with van der Waals surface area (Å²) in [4.78, 5) is 0. The van der Waals surface area contributed by atoms with Crippen LogP contribution in [0.1, 0.15) is 36.1 Å². The van der Waals surface area contributed by atoms with Crippen LogP contribution >= 0.6 is 0 Å². The summed E-state index contributed by atoms with van der Waals surface area (Å²) in [6, 6.07) is 14.0. The van der Waals surface area contributed by atoms with E-state index < -0.39 is 26.1 Å². The van der Waals surface area contributed by atoms with Crippen LogP contribution < -0.4 is 4.72 Å². The van der Waals surface area contributed by atoms with Gasteiger partial charge < -0.3 is 0 Å². The fraction of sp³-hybridized carbons (Fsp3) is 0.316. The van der Waals surface area contributed by atoms with Gasteiger partial charge in [-0.2, -0.15) is 9.52 Å².